The van der Waals surface area contributed by atoms with Crippen LogP contribution in [0.1, 0.15) is 17.8 Å². The largest absolute Gasteiger partial charge is 0.493 e. The molecule has 19 heavy (non-hydrogen) atoms. The van der Waals surface area contributed by atoms with Crippen LogP contribution in [0.5, 0.6) is 5.75 Å². The summed E-state index contributed by atoms with van der Waals surface area (Å²) in [6.45, 7) is 1.25. The number of nitrogens with zero attached hydrogens (tertiary/aromatic N) is 2. The van der Waals surface area contributed by atoms with Gasteiger partial charge in [-0.25, -0.2) is 4.98 Å². The number of aromatic nitrogens is 2. The normalized spacial score (nSPS) is 14.1. The maximum Gasteiger partial charge on any atom is 0.132 e. The van der Waals surface area contributed by atoms with Crippen molar-refractivity contribution < 1.29 is 4.74 Å². The Kier molecular flexibility index (Phi) is 3.33. The molecule has 2 heterocycles. The van der Waals surface area contributed by atoms with Crippen LogP contribution in [0, 0.1) is 0 Å². The smallest absolute Gasteiger partial charge is 0.132 e. The molecule has 4 nitrogen and oxygen atoms in total. The van der Waals surface area contributed by atoms with Crippen LogP contribution in [0.25, 0.3) is 11.3 Å². The van der Waals surface area contributed by atoms with Crippen LogP contribution in [-0.4, -0.2) is 16.2 Å². The Hall–Kier alpha value is -1.33. The second-order valence-corrected chi connectivity index (χ2v) is 5.46. The molecule has 0 amide bonds. The zero-order chi connectivity index (χ0) is 13.4. The molecule has 1 aromatic heterocycles. The van der Waals surface area contributed by atoms with Crippen LogP contribution in [-0.2, 0) is 20.0 Å². The molecule has 1 aliphatic rings. The lowest BCUT2D eigenvalue weighted by Crippen LogP contribution is -2.08. The van der Waals surface area contributed by atoms with E-state index in [-0.39, 0.29) is 0 Å². The predicted molar refractivity (Wildman–Crippen MR) is 78.1 cm³/mol. The Morgan fingerprint density at radius 3 is 3.05 bits per heavy atom. The minimum absolute atomic E-state index is 0.434. The van der Waals surface area contributed by atoms with E-state index in [9.17, 15) is 0 Å². The molecule has 3 rings (SSSR count). The van der Waals surface area contributed by atoms with Crippen LogP contribution in [0.15, 0.2) is 22.8 Å². The zero-order valence-electron chi connectivity index (χ0n) is 10.8. The molecule has 1 aromatic carbocycles. The first kappa shape index (κ1) is 12.7. The van der Waals surface area contributed by atoms with Crippen LogP contribution < -0.4 is 10.5 Å². The van der Waals surface area contributed by atoms with Gasteiger partial charge in [0.15, 0.2) is 0 Å². The van der Waals surface area contributed by atoms with Crippen molar-refractivity contribution in [2.24, 2.45) is 12.8 Å². The van der Waals surface area contributed by atoms with Gasteiger partial charge in [0.2, 0.25) is 0 Å². The second kappa shape index (κ2) is 4.98. The first-order chi connectivity index (χ1) is 9.20. The summed E-state index contributed by atoms with van der Waals surface area (Å²) < 4.78 is 8.52. The van der Waals surface area contributed by atoms with Crippen molar-refractivity contribution in [1.82, 2.24) is 9.55 Å². The van der Waals surface area contributed by atoms with Gasteiger partial charge in [-0.2, -0.15) is 0 Å². The van der Waals surface area contributed by atoms with E-state index in [1.54, 1.807) is 0 Å². The lowest BCUT2D eigenvalue weighted by Gasteiger charge is -2.18. The second-order valence-electron chi connectivity index (χ2n) is 4.71. The summed E-state index contributed by atoms with van der Waals surface area (Å²) >= 11 is 3.52. The van der Waals surface area contributed by atoms with E-state index < -0.39 is 0 Å². The fourth-order valence-electron chi connectivity index (χ4n) is 2.51. The average molecular weight is 322 g/mol. The topological polar surface area (TPSA) is 53.1 Å². The number of benzene rings is 1. The highest BCUT2D eigenvalue weighted by molar-refractivity contribution is 9.10. The number of aryl methyl sites for hydroxylation is 1. The third kappa shape index (κ3) is 2.17. The van der Waals surface area contributed by atoms with Gasteiger partial charge in [0.05, 0.1) is 18.8 Å². The first-order valence-electron chi connectivity index (χ1n) is 6.38. The zero-order valence-corrected chi connectivity index (χ0v) is 12.4. The third-order valence-corrected chi connectivity index (χ3v) is 4.06. The van der Waals surface area contributed by atoms with Gasteiger partial charge in [-0.1, -0.05) is 0 Å². The van der Waals surface area contributed by atoms with Crippen molar-refractivity contribution in [3.63, 3.8) is 0 Å². The highest BCUT2D eigenvalue weighted by atomic mass is 79.9. The van der Waals surface area contributed by atoms with Crippen LogP contribution in [0.3, 0.4) is 0 Å². The van der Waals surface area contributed by atoms with Crippen molar-refractivity contribution in [3.8, 4) is 17.0 Å². The minimum atomic E-state index is 0.434. The van der Waals surface area contributed by atoms with Gasteiger partial charge >= 0.3 is 0 Å². The molecule has 0 fully saturated rings. The summed E-state index contributed by atoms with van der Waals surface area (Å²) in [5.74, 6) is 1.88. The standard InChI is InChI=1S/C14H16BrN3O/c1-18-12(8-16)17-14(15)13(18)10-4-5-11-9(7-10)3-2-6-19-11/h4-5,7H,2-3,6,8,16H2,1H3. The van der Waals surface area contributed by atoms with Gasteiger partial charge < -0.3 is 15.0 Å². The van der Waals surface area contributed by atoms with Crippen molar-refractivity contribution in [2.75, 3.05) is 6.61 Å². The van der Waals surface area contributed by atoms with E-state index in [2.05, 4.69) is 33.0 Å². The molecule has 0 bridgehead atoms. The maximum atomic E-state index is 5.70. The maximum absolute atomic E-state index is 5.70. The van der Waals surface area contributed by atoms with E-state index in [1.165, 1.54) is 5.56 Å². The molecule has 2 aromatic rings. The molecule has 0 unspecified atom stereocenters. The number of hydrogen-bond acceptors (Lipinski definition) is 3. The Balaban J connectivity index is 2.09. The van der Waals surface area contributed by atoms with Gasteiger partial charge in [0, 0.05) is 12.6 Å². The lowest BCUT2D eigenvalue weighted by molar-refractivity contribution is 0.288. The highest BCUT2D eigenvalue weighted by Crippen LogP contribution is 2.33. The molecule has 0 saturated heterocycles. The Morgan fingerprint density at radius 1 is 1.47 bits per heavy atom. The van der Waals surface area contributed by atoms with Crippen molar-refractivity contribution in [3.05, 3.63) is 34.2 Å². The predicted octanol–water partition coefficient (Wildman–Crippen LogP) is 2.63. The molecule has 0 saturated carbocycles. The minimum Gasteiger partial charge on any atom is -0.493 e. The number of rotatable bonds is 2. The molecule has 0 radical (unpaired) electrons. The lowest BCUT2D eigenvalue weighted by atomic mass is 10.0. The Bertz CT molecular complexity index is 621. The van der Waals surface area contributed by atoms with E-state index in [1.807, 2.05) is 17.7 Å². The highest BCUT2D eigenvalue weighted by Gasteiger charge is 2.16. The van der Waals surface area contributed by atoms with Gasteiger partial charge in [0.25, 0.3) is 0 Å². The van der Waals surface area contributed by atoms with Gasteiger partial charge in [-0.15, -0.1) is 0 Å². The third-order valence-electron chi connectivity index (χ3n) is 3.51. The number of nitrogens with two attached hydrogens (primary N) is 1. The number of hydrogen-bond donors (Lipinski definition) is 1. The van der Waals surface area contributed by atoms with Crippen LogP contribution >= 0.6 is 15.9 Å². The Morgan fingerprint density at radius 2 is 2.32 bits per heavy atom. The number of halogens is 1. The van der Waals surface area contributed by atoms with E-state index in [4.69, 9.17) is 10.5 Å². The van der Waals surface area contributed by atoms with Crippen LogP contribution in [0.2, 0.25) is 0 Å². The average Bonchev–Trinajstić information content (AvgIpc) is 2.73. The molecule has 0 atom stereocenters. The van der Waals surface area contributed by atoms with Crippen molar-refractivity contribution in [1.29, 1.82) is 0 Å². The summed E-state index contributed by atoms with van der Waals surface area (Å²) in [6, 6.07) is 6.31. The van der Waals surface area contributed by atoms with Crippen LogP contribution in [0.4, 0.5) is 0 Å². The van der Waals surface area contributed by atoms with Gasteiger partial charge in [-0.05, 0) is 52.5 Å². The molecule has 1 aliphatic heterocycles. The van der Waals surface area contributed by atoms with Gasteiger partial charge in [-0.3, -0.25) is 0 Å². The molecule has 0 aliphatic carbocycles. The summed E-state index contributed by atoms with van der Waals surface area (Å²) in [5, 5.41) is 0. The van der Waals surface area contributed by atoms with E-state index in [0.29, 0.717) is 6.54 Å². The fourth-order valence-corrected chi connectivity index (χ4v) is 3.21. The van der Waals surface area contributed by atoms with Gasteiger partial charge in [0.1, 0.15) is 16.2 Å². The van der Waals surface area contributed by atoms with E-state index >= 15 is 0 Å². The summed E-state index contributed by atoms with van der Waals surface area (Å²) in [5.41, 5.74) is 9.18. The van der Waals surface area contributed by atoms with Crippen molar-refractivity contribution in [2.45, 2.75) is 19.4 Å². The van der Waals surface area contributed by atoms with Crippen molar-refractivity contribution >= 4 is 15.9 Å². The summed E-state index contributed by atoms with van der Waals surface area (Å²) in [7, 11) is 1.99. The summed E-state index contributed by atoms with van der Waals surface area (Å²) in [4.78, 5) is 4.44. The molecule has 0 spiro atoms. The number of ether oxygens (including phenoxy) is 1. The summed E-state index contributed by atoms with van der Waals surface area (Å²) in [6.07, 6.45) is 2.15. The number of imidazole rings is 1. The van der Waals surface area contributed by atoms with E-state index in [0.717, 1.165) is 46.9 Å². The Labute approximate surface area is 120 Å². The first-order valence-corrected chi connectivity index (χ1v) is 7.17. The molecule has 100 valence electrons. The molecule has 2 N–H and O–H groups in total. The fraction of sp³-hybridized carbons (Fsp3) is 0.357. The quantitative estimate of drug-likeness (QED) is 0.925. The molecular weight excluding hydrogens is 306 g/mol. The SMILES string of the molecule is Cn1c(CN)nc(Br)c1-c1ccc2c(c1)CCCO2. The molecular formula is C14H16BrN3O. The monoisotopic (exact) mass is 321 g/mol. The number of fused-ring (bicyclic) bond motifs is 1. The molecule has 5 heteroatoms.